The number of aromatic amines is 12. The van der Waals surface area contributed by atoms with Gasteiger partial charge in [-0.15, -0.1) is 25.3 Å². The molecule has 0 radical (unpaired) electrons. The van der Waals surface area contributed by atoms with Crippen molar-refractivity contribution in [3.63, 3.8) is 0 Å². The summed E-state index contributed by atoms with van der Waals surface area (Å²) >= 11 is 0. The van der Waals surface area contributed by atoms with Crippen LogP contribution in [0.25, 0.3) is 32.3 Å². The van der Waals surface area contributed by atoms with Crippen molar-refractivity contribution in [2.24, 2.45) is 0 Å². The predicted molar refractivity (Wildman–Crippen MR) is 475 cm³/mol. The zero-order valence-corrected chi connectivity index (χ0v) is 74.3. The number of carboxylic acids is 1. The molecule has 9 aromatic carbocycles. The third-order valence-electron chi connectivity index (χ3n) is 16.1. The van der Waals surface area contributed by atoms with Gasteiger partial charge in [-0.05, 0) is 143 Å². The molecule has 0 unspecified atom stereocenters. The van der Waals surface area contributed by atoms with Crippen molar-refractivity contribution >= 4 is 190 Å². The lowest BCUT2D eigenvalue weighted by Gasteiger charge is -2.11. The number of phenols is 1. The minimum atomic E-state index is -4.58. The Morgan fingerprint density at radius 2 is 0.619 bits per heavy atom. The minimum Gasteiger partial charge on any atom is -0.507 e. The van der Waals surface area contributed by atoms with E-state index in [4.69, 9.17) is 53.1 Å². The standard InChI is InChI=1S/C13H10N4O6S.2C13H10N4O5S.C10H8N4O7S.C10H10N4O5S.C9H8N4O5S.2O3S/c18-10-5-8(24(21,22)23)4-6-3-7(1-2-9(6)10)14-11-15-12(19)17-13(20)16-11;18-12-15-11(16-13(19)17-12)14-9-3-1-8-6-10(23(20,21)22)4-2-7(8)5-9;18-12-15-11(16-13(19)17-12)14-9-6-5-7-3-1-2-4-8(7)10(9)23(20,21)22;15-7(16)5-3-4(22(19,20)21)1-2-6(5)11-8-12-9(17)14-10(18)13-8;1-5-4-6(2-3-7(5)20(17,18)19)11-8-12-9(15)14-10(16)13-8;14-8-11-7(12-9(15)13-8)10-5-2-1-3-6(4-5)19(16,17)18;2*1-4(2)3/h1-5,18H,(H,21,22,23)(H3,14,15,16,17,19,20);2*1-6H,(H,20,21,22)(H3,14,15,16,17,18,19);1-3H,(H,15,16)(H,19,20,21)(H3,11,12,13,14,17,18);2-4H,1H3,(H,17,18,19)(H3,11,12,13,14,15,16);1-4H,(H,16,17,18)(H3,10,11,12,13,14,15);;. The molecule has 71 heteroatoms. The van der Waals surface area contributed by atoms with Gasteiger partial charge in [0.1, 0.15) is 10.6 Å². The number of hydrogen-bond acceptors (Lipinski definition) is 44. The van der Waals surface area contributed by atoms with Crippen LogP contribution in [-0.2, 0) is 81.9 Å². The van der Waals surface area contributed by atoms with E-state index in [-0.39, 0.29) is 83.5 Å². The maximum Gasteiger partial charge on any atom is 0.425 e. The van der Waals surface area contributed by atoms with Crippen LogP contribution in [-0.4, -0.2) is 209 Å². The molecular weight excluding hydrogens is 2030 g/mol. The summed E-state index contributed by atoms with van der Waals surface area (Å²) in [5.41, 5.74) is -8.61. The maximum absolute atomic E-state index is 11.7. The predicted octanol–water partition coefficient (Wildman–Crippen LogP) is -2.15. The van der Waals surface area contributed by atoms with Crippen LogP contribution in [0.4, 0.5) is 69.8 Å². The molecule has 0 saturated heterocycles. The Morgan fingerprint density at radius 1 is 0.295 bits per heavy atom. The van der Waals surface area contributed by atoms with Gasteiger partial charge in [0.25, 0.3) is 60.7 Å². The quantitative estimate of drug-likeness (QED) is 0.0384. The Kier molecular flexibility index (Phi) is 34.3. The fraction of sp³-hybridized carbons (Fsp3) is 0.0147. The fourth-order valence-electron chi connectivity index (χ4n) is 10.9. The molecule has 6 aromatic heterocycles. The summed E-state index contributed by atoms with van der Waals surface area (Å²) < 4.78 is 239. The number of phenolic OH excluding ortho intramolecular Hbond substituents is 1. The molecule has 0 fully saturated rings. The Morgan fingerprint density at radius 3 is 1.01 bits per heavy atom. The number of fused-ring (bicyclic) bond motifs is 3. The number of aromatic nitrogens is 18. The molecule has 15 rings (SSSR count). The second-order valence-corrected chi connectivity index (χ2v) is 35.1. The van der Waals surface area contributed by atoms with Gasteiger partial charge in [0.15, 0.2) is 0 Å². The smallest absolute Gasteiger partial charge is 0.425 e. The fourth-order valence-corrected chi connectivity index (χ4v) is 14.5. The van der Waals surface area contributed by atoms with Gasteiger partial charge < -0.3 is 42.1 Å². The number of aryl methyl sites for hydroxylation is 1. The average molecular weight is 2090 g/mol. The first kappa shape index (κ1) is 107. The first-order valence-electron chi connectivity index (χ1n) is 35.8. The zero-order valence-electron chi connectivity index (χ0n) is 67.8. The lowest BCUT2D eigenvalue weighted by molar-refractivity contribution is 0.0697. The highest BCUT2D eigenvalue weighted by atomic mass is 32.2. The first-order chi connectivity index (χ1) is 64.6. The SMILES string of the molecule is Cc1cc(Nc2nc(=O)[nH]c(=O)[nH]2)ccc1S(=O)(=O)O.O=C(O)c1cc(S(=O)(=O)O)ccc1Nc1nc(=O)[nH]c(=O)[nH]1.O=S(=O)=O.O=S(=O)=O.O=c1nc(Nc2ccc3c(O)cc(S(=O)(=O)O)cc3c2)[nH]c(=O)[nH]1.O=c1nc(Nc2ccc3cc(S(=O)(=O)O)ccc3c2)[nH]c(=O)[nH]1.O=c1nc(Nc2ccc3ccccc3c2S(=O)(=O)O)[nH]c(=O)[nH]1.O=c1nc(Nc2cccc(S(=O)(=O)O)c2)[nH]c(=O)[nH]1. The highest BCUT2D eigenvalue weighted by molar-refractivity contribution is 7.87. The summed E-state index contributed by atoms with van der Waals surface area (Å²) in [6, 6.07) is 37.0. The topological polar surface area (TPSA) is 1030 Å². The second kappa shape index (κ2) is 44.8. The monoisotopic (exact) mass is 2090 g/mol. The Hall–Kier alpha value is -17.8. The largest absolute Gasteiger partial charge is 0.507 e. The van der Waals surface area contributed by atoms with Crippen LogP contribution in [0.3, 0.4) is 0 Å². The zero-order chi connectivity index (χ0) is 103. The van der Waals surface area contributed by atoms with Gasteiger partial charge in [-0.2, -0.15) is 80.4 Å². The lowest BCUT2D eigenvalue weighted by atomic mass is 10.1. The molecule has 0 aliphatic heterocycles. The molecule has 0 aliphatic carbocycles. The van der Waals surface area contributed by atoms with Gasteiger partial charge in [0, 0.05) is 39.6 Å². The van der Waals surface area contributed by atoms with Crippen LogP contribution in [0.2, 0.25) is 0 Å². The highest BCUT2D eigenvalue weighted by Gasteiger charge is 2.23. The molecule has 26 N–H and O–H groups in total. The van der Waals surface area contributed by atoms with Crippen molar-refractivity contribution in [2.45, 2.75) is 36.3 Å². The summed E-state index contributed by atoms with van der Waals surface area (Å²) in [5.74, 6) is -2.78. The number of carbonyl (C=O) groups is 1. The van der Waals surface area contributed by atoms with Crippen LogP contribution in [0.5, 0.6) is 5.75 Å². The average Bonchev–Trinajstić information content (AvgIpc) is 0.771. The van der Waals surface area contributed by atoms with E-state index in [1.807, 2.05) is 29.9 Å². The van der Waals surface area contributed by atoms with E-state index in [1.54, 1.807) is 42.5 Å². The van der Waals surface area contributed by atoms with Crippen molar-refractivity contribution in [3.8, 4) is 5.75 Å². The molecular formula is C68H56N24O39S8. The van der Waals surface area contributed by atoms with Crippen molar-refractivity contribution in [3.05, 3.63) is 301 Å². The molecule has 139 heavy (non-hydrogen) atoms. The van der Waals surface area contributed by atoms with E-state index in [0.29, 0.717) is 55.6 Å². The Bertz CT molecular complexity index is 8970. The van der Waals surface area contributed by atoms with Crippen LogP contribution in [0.1, 0.15) is 15.9 Å². The van der Waals surface area contributed by atoms with E-state index in [0.717, 1.165) is 24.3 Å². The second-order valence-electron chi connectivity index (χ2n) is 25.9. The Labute approximate surface area is 767 Å². The van der Waals surface area contributed by atoms with Crippen LogP contribution in [0.15, 0.2) is 251 Å². The number of aromatic hydroxyl groups is 1. The minimum absolute atomic E-state index is 0.0207. The number of hydrogen-bond donors (Lipinski definition) is 26. The number of nitrogens with zero attached hydrogens (tertiary/aromatic N) is 6. The summed E-state index contributed by atoms with van der Waals surface area (Å²) in [6.07, 6.45) is 0. The summed E-state index contributed by atoms with van der Waals surface area (Å²) in [6.45, 7) is 1.49. The van der Waals surface area contributed by atoms with Crippen molar-refractivity contribution < 1.29 is 118 Å². The molecule has 0 aliphatic rings. The van der Waals surface area contributed by atoms with E-state index in [2.05, 4.69) is 91.7 Å². The van der Waals surface area contributed by atoms with Crippen LogP contribution >= 0.6 is 0 Å². The van der Waals surface area contributed by atoms with Crippen molar-refractivity contribution in [1.29, 1.82) is 0 Å². The van der Waals surface area contributed by atoms with Crippen molar-refractivity contribution in [2.75, 3.05) is 31.9 Å². The number of aromatic carboxylic acids is 1. The van der Waals surface area contributed by atoms with Gasteiger partial charge in [0.05, 0.1) is 41.4 Å². The normalized spacial score (nSPS) is 11.1. The molecule has 0 spiro atoms. The molecule has 0 atom stereocenters. The molecule has 63 nitrogen and oxygen atoms in total. The third kappa shape index (κ3) is 33.1. The van der Waals surface area contributed by atoms with Gasteiger partial charge in [-0.3, -0.25) is 87.1 Å². The molecule has 0 saturated carbocycles. The number of benzene rings is 9. The van der Waals surface area contributed by atoms with Crippen molar-refractivity contribution in [1.82, 2.24) is 89.7 Å². The number of nitrogens with one attached hydrogen (secondary N) is 18. The number of H-pyrrole nitrogens is 12. The number of carboxylic acid groups (broad SMARTS) is 1. The molecule has 6 heterocycles. The summed E-state index contributed by atoms with van der Waals surface area (Å²) in [5, 5.41) is 37.3. The Balaban J connectivity index is 0.000000201. The first-order valence-corrected chi connectivity index (χ1v) is 46.4. The molecule has 0 amide bonds. The van der Waals surface area contributed by atoms with Gasteiger partial charge in [-0.25, -0.2) is 62.3 Å². The van der Waals surface area contributed by atoms with Gasteiger partial charge in [-0.1, -0.05) is 48.5 Å². The molecule has 730 valence electrons. The number of rotatable bonds is 19. The van der Waals surface area contributed by atoms with E-state index < -0.39 is 172 Å². The van der Waals surface area contributed by atoms with E-state index in [1.165, 1.54) is 97.9 Å². The van der Waals surface area contributed by atoms with Gasteiger partial charge in [0.2, 0.25) is 35.7 Å². The number of anilines is 12. The maximum atomic E-state index is 11.7. The van der Waals surface area contributed by atoms with E-state index >= 15 is 0 Å². The molecule has 0 bridgehead atoms. The summed E-state index contributed by atoms with van der Waals surface area (Å²) in [4.78, 5) is 188. The van der Waals surface area contributed by atoms with Crippen LogP contribution < -0.4 is 100 Å². The molecule has 15 aromatic rings. The van der Waals surface area contributed by atoms with Crippen LogP contribution in [0, 0.1) is 6.92 Å². The van der Waals surface area contributed by atoms with Gasteiger partial charge >= 0.3 is 95.5 Å². The lowest BCUT2D eigenvalue weighted by Crippen LogP contribution is -2.26. The summed E-state index contributed by atoms with van der Waals surface area (Å²) in [7, 11) is -32.8. The van der Waals surface area contributed by atoms with E-state index in [9.17, 15) is 122 Å². The highest BCUT2D eigenvalue weighted by Crippen LogP contribution is 2.34. The third-order valence-corrected chi connectivity index (χ3v) is 21.5.